The fourth-order valence-corrected chi connectivity index (χ4v) is 4.71. The van der Waals surface area contributed by atoms with Crippen molar-refractivity contribution in [3.8, 4) is 5.75 Å². The van der Waals surface area contributed by atoms with Gasteiger partial charge in [-0.3, -0.25) is 14.4 Å². The first-order chi connectivity index (χ1) is 16.6. The fraction of sp³-hybridized carbons (Fsp3) is 0.464. The highest BCUT2D eigenvalue weighted by Gasteiger charge is 2.34. The Morgan fingerprint density at radius 2 is 1.66 bits per heavy atom. The summed E-state index contributed by atoms with van der Waals surface area (Å²) in [7, 11) is 0. The molecule has 1 saturated carbocycles. The molecule has 1 aliphatic carbocycles. The Balaban J connectivity index is 1.64. The summed E-state index contributed by atoms with van der Waals surface area (Å²) in [5.74, 6) is -1.15. The van der Waals surface area contributed by atoms with E-state index in [0.717, 1.165) is 48.1 Å². The van der Waals surface area contributed by atoms with Crippen molar-refractivity contribution < 1.29 is 24.2 Å². The van der Waals surface area contributed by atoms with E-state index < -0.39 is 24.0 Å². The number of hydrogen-bond donors (Lipinski definition) is 3. The quantitative estimate of drug-likeness (QED) is 0.438. The zero-order chi connectivity index (χ0) is 25.5. The monoisotopic (exact) mass is 480 g/mol. The summed E-state index contributed by atoms with van der Waals surface area (Å²) in [5, 5.41) is 12.2. The summed E-state index contributed by atoms with van der Waals surface area (Å²) in [6.07, 6.45) is 3.42. The topological polar surface area (TPSA) is 119 Å². The number of amides is 1. The number of aliphatic carboxylic acids is 1. The lowest BCUT2D eigenvalue weighted by Crippen LogP contribution is -2.41. The maximum atomic E-state index is 13.1. The van der Waals surface area contributed by atoms with Gasteiger partial charge in [0.1, 0.15) is 11.8 Å². The van der Waals surface area contributed by atoms with Gasteiger partial charge in [0.25, 0.3) is 0 Å². The van der Waals surface area contributed by atoms with Crippen molar-refractivity contribution in [2.75, 3.05) is 5.32 Å². The summed E-state index contributed by atoms with van der Waals surface area (Å²) in [6, 6.07) is 12.0. The van der Waals surface area contributed by atoms with Crippen molar-refractivity contribution >= 4 is 23.3 Å². The molecular formula is C28H36N2O5. The molecule has 1 unspecified atom stereocenters. The highest BCUT2D eigenvalue weighted by molar-refractivity contribution is 5.92. The number of aryl methyl sites for hydroxylation is 2. The zero-order valence-electron chi connectivity index (χ0n) is 20.8. The first kappa shape index (κ1) is 26.4. The third-order valence-corrected chi connectivity index (χ3v) is 6.63. The van der Waals surface area contributed by atoms with Crippen molar-refractivity contribution in [2.45, 2.75) is 71.4 Å². The number of nitrogens with one attached hydrogen (secondary N) is 1. The second-order valence-electron chi connectivity index (χ2n) is 9.81. The maximum Gasteiger partial charge on any atom is 0.320 e. The van der Waals surface area contributed by atoms with Crippen LogP contribution in [0.25, 0.3) is 0 Å². The third kappa shape index (κ3) is 7.65. The highest BCUT2D eigenvalue weighted by atomic mass is 16.5. The molecule has 0 spiro atoms. The summed E-state index contributed by atoms with van der Waals surface area (Å²) in [5.41, 5.74) is 9.55. The summed E-state index contributed by atoms with van der Waals surface area (Å²) >= 11 is 0. The fourth-order valence-electron chi connectivity index (χ4n) is 4.71. The van der Waals surface area contributed by atoms with Crippen LogP contribution in [0.15, 0.2) is 42.5 Å². The Labute approximate surface area is 207 Å². The number of benzene rings is 2. The molecule has 4 N–H and O–H groups in total. The predicted octanol–water partition coefficient (Wildman–Crippen LogP) is 4.43. The molecule has 7 heteroatoms. The summed E-state index contributed by atoms with van der Waals surface area (Å²) in [4.78, 5) is 36.9. The molecule has 35 heavy (non-hydrogen) atoms. The van der Waals surface area contributed by atoms with Gasteiger partial charge >= 0.3 is 5.97 Å². The molecular weight excluding hydrogens is 444 g/mol. The van der Waals surface area contributed by atoms with Crippen LogP contribution in [0.2, 0.25) is 0 Å². The van der Waals surface area contributed by atoms with Crippen LogP contribution in [-0.2, 0) is 20.8 Å². The Hall–Kier alpha value is -3.19. The molecule has 3 atom stereocenters. The molecule has 0 heterocycles. The van der Waals surface area contributed by atoms with Gasteiger partial charge in [-0.15, -0.1) is 0 Å². The normalized spacial score (nSPS) is 16.3. The number of hydrogen-bond acceptors (Lipinski definition) is 5. The first-order valence-corrected chi connectivity index (χ1v) is 12.3. The van der Waals surface area contributed by atoms with Crippen molar-refractivity contribution in [3.63, 3.8) is 0 Å². The number of carboxylic acids is 1. The van der Waals surface area contributed by atoms with E-state index in [9.17, 15) is 19.5 Å². The largest absolute Gasteiger partial charge is 0.483 e. The molecule has 0 aliphatic heterocycles. The van der Waals surface area contributed by atoms with Crippen LogP contribution in [0.1, 0.15) is 55.7 Å². The number of carboxylic acid groups (broad SMARTS) is 1. The molecule has 2 aromatic rings. The number of carbonyl (C=O) groups excluding carboxylic acids is 2. The highest BCUT2D eigenvalue weighted by Crippen LogP contribution is 2.30. The van der Waals surface area contributed by atoms with Gasteiger partial charge in [-0.05, 0) is 80.0 Å². The molecule has 0 saturated heterocycles. The van der Waals surface area contributed by atoms with E-state index in [4.69, 9.17) is 10.5 Å². The van der Waals surface area contributed by atoms with Gasteiger partial charge in [0.15, 0.2) is 11.9 Å². The number of anilines is 1. The minimum absolute atomic E-state index is 0.0174. The van der Waals surface area contributed by atoms with Gasteiger partial charge in [-0.25, -0.2) is 0 Å². The van der Waals surface area contributed by atoms with Crippen LogP contribution >= 0.6 is 0 Å². The summed E-state index contributed by atoms with van der Waals surface area (Å²) in [6.45, 7) is 5.71. The summed E-state index contributed by atoms with van der Waals surface area (Å²) < 4.78 is 6.07. The number of ether oxygens (including phenoxy) is 1. The van der Waals surface area contributed by atoms with E-state index in [1.807, 2.05) is 26.0 Å². The van der Waals surface area contributed by atoms with Crippen LogP contribution < -0.4 is 15.8 Å². The lowest BCUT2D eigenvalue weighted by Gasteiger charge is -2.25. The van der Waals surface area contributed by atoms with Crippen LogP contribution in [0.5, 0.6) is 5.75 Å². The second-order valence-corrected chi connectivity index (χ2v) is 9.81. The lowest BCUT2D eigenvalue weighted by molar-refractivity contribution is -0.140. The average molecular weight is 481 g/mol. The molecule has 188 valence electrons. The van der Waals surface area contributed by atoms with Gasteiger partial charge in [-0.1, -0.05) is 38.0 Å². The van der Waals surface area contributed by atoms with Crippen molar-refractivity contribution in [2.24, 2.45) is 17.6 Å². The minimum atomic E-state index is -1.09. The van der Waals surface area contributed by atoms with Crippen LogP contribution in [0.3, 0.4) is 0 Å². The van der Waals surface area contributed by atoms with E-state index in [0.29, 0.717) is 5.75 Å². The van der Waals surface area contributed by atoms with Crippen LogP contribution in [-0.4, -0.2) is 34.9 Å². The zero-order valence-corrected chi connectivity index (χ0v) is 20.8. The molecule has 2 aromatic carbocycles. The van der Waals surface area contributed by atoms with E-state index in [-0.39, 0.29) is 30.4 Å². The van der Waals surface area contributed by atoms with Gasteiger partial charge in [0, 0.05) is 11.6 Å². The molecule has 1 aliphatic rings. The number of Topliss-reactive ketones (excluding diaryl/α,β-unsaturated/α-hetero) is 1. The second kappa shape index (κ2) is 12.0. The molecule has 3 rings (SSSR count). The van der Waals surface area contributed by atoms with E-state index >= 15 is 0 Å². The molecule has 7 nitrogen and oxygen atoms in total. The first-order valence-electron chi connectivity index (χ1n) is 12.3. The number of carbonyl (C=O) groups is 3. The van der Waals surface area contributed by atoms with Gasteiger partial charge in [0.05, 0.1) is 6.42 Å². The third-order valence-electron chi connectivity index (χ3n) is 6.63. The molecule has 1 amide bonds. The minimum Gasteiger partial charge on any atom is -0.483 e. The molecule has 0 radical (unpaired) electrons. The van der Waals surface area contributed by atoms with E-state index in [2.05, 4.69) is 11.4 Å². The smallest absolute Gasteiger partial charge is 0.320 e. The SMILES string of the molecule is Cc1cc(C)cc(NC(=O)Cc2ccc(OC(C[C@H](C)[C@H](N)C(=O)O)C(=O)C3CCCC3)cc2)c1. The number of nitrogens with two attached hydrogens (primary N) is 1. The van der Waals surface area contributed by atoms with E-state index in [1.54, 1.807) is 31.2 Å². The van der Waals surface area contributed by atoms with Crippen molar-refractivity contribution in [3.05, 3.63) is 59.2 Å². The standard InChI is InChI=1S/C28H36N2O5/c1-17-12-18(2)14-22(13-17)30-25(31)16-20-8-10-23(11-9-20)35-24(15-19(3)26(29)28(33)34)27(32)21-6-4-5-7-21/h8-14,19,21,24,26H,4-7,15-16,29H2,1-3H3,(H,30,31)(H,33,34)/t19-,24?,26-/m0/s1. The number of ketones is 1. The Morgan fingerprint density at radius 3 is 2.23 bits per heavy atom. The van der Waals surface area contributed by atoms with E-state index in [1.165, 1.54) is 0 Å². The average Bonchev–Trinajstić information content (AvgIpc) is 3.33. The Morgan fingerprint density at radius 1 is 1.06 bits per heavy atom. The Kier molecular flexibility index (Phi) is 9.04. The van der Waals surface area contributed by atoms with Gasteiger partial charge in [-0.2, -0.15) is 0 Å². The van der Waals surface area contributed by atoms with Gasteiger partial charge in [0.2, 0.25) is 5.91 Å². The van der Waals surface area contributed by atoms with Crippen molar-refractivity contribution in [1.29, 1.82) is 0 Å². The maximum absolute atomic E-state index is 13.1. The molecule has 0 bridgehead atoms. The van der Waals surface area contributed by atoms with Crippen molar-refractivity contribution in [1.82, 2.24) is 0 Å². The molecule has 1 fully saturated rings. The van der Waals surface area contributed by atoms with Crippen LogP contribution in [0.4, 0.5) is 5.69 Å². The number of rotatable bonds is 11. The lowest BCUT2D eigenvalue weighted by atomic mass is 9.89. The van der Waals surface area contributed by atoms with Gasteiger partial charge < -0.3 is 20.9 Å². The predicted molar refractivity (Wildman–Crippen MR) is 135 cm³/mol. The van der Waals surface area contributed by atoms with Crippen LogP contribution in [0, 0.1) is 25.7 Å². The molecule has 0 aromatic heterocycles. The Bertz CT molecular complexity index is 1020.